The number of carbonyl (C=O) groups is 1. The highest BCUT2D eigenvalue weighted by Gasteiger charge is 2.29. The van der Waals surface area contributed by atoms with Crippen molar-refractivity contribution < 1.29 is 4.79 Å². The monoisotopic (exact) mass is 367 g/mol. The van der Waals surface area contributed by atoms with E-state index in [9.17, 15) is 9.59 Å². The number of aromatic nitrogens is 2. The Morgan fingerprint density at radius 3 is 2.77 bits per heavy atom. The Kier molecular flexibility index (Phi) is 4.57. The molecule has 0 spiro atoms. The van der Waals surface area contributed by atoms with Gasteiger partial charge in [0.15, 0.2) is 5.78 Å². The first-order valence-corrected chi connectivity index (χ1v) is 8.99. The van der Waals surface area contributed by atoms with Gasteiger partial charge in [-0.25, -0.2) is 4.98 Å². The number of benzene rings is 2. The number of nitrogens with one attached hydrogen (secondary N) is 2. The minimum atomic E-state index is -0.359. The Morgan fingerprint density at radius 2 is 2.04 bits per heavy atom. The van der Waals surface area contributed by atoms with E-state index in [1.54, 1.807) is 12.1 Å². The van der Waals surface area contributed by atoms with E-state index in [1.165, 1.54) is 6.33 Å². The van der Waals surface area contributed by atoms with Crippen LogP contribution >= 0.6 is 11.6 Å². The van der Waals surface area contributed by atoms with Crippen LogP contribution in [0, 0.1) is 0 Å². The molecule has 26 heavy (non-hydrogen) atoms. The summed E-state index contributed by atoms with van der Waals surface area (Å²) in [6, 6.07) is 13.1. The fraction of sp³-hybridized carbons (Fsp3) is 0.250. The highest BCUT2D eigenvalue weighted by molar-refractivity contribution is 6.32. The van der Waals surface area contributed by atoms with Crippen molar-refractivity contribution >= 4 is 28.3 Å². The molecule has 2 N–H and O–H groups in total. The standard InChI is InChI=1S/C20H18ClN3O2/c21-16-10-15-17(22-11-23-20(15)26)8-13(16)9-18(25)19(24-14-6-7-14)12-4-2-1-3-5-12/h1-5,8,10-11,14,19,24H,6-7,9H2,(H,22,23,26). The summed E-state index contributed by atoms with van der Waals surface area (Å²) >= 11 is 6.33. The average Bonchev–Trinajstić information content (AvgIpc) is 3.46. The van der Waals surface area contributed by atoms with Crippen LogP contribution in [0.4, 0.5) is 0 Å². The van der Waals surface area contributed by atoms with Crippen LogP contribution in [0.15, 0.2) is 53.6 Å². The summed E-state index contributed by atoms with van der Waals surface area (Å²) in [7, 11) is 0. The zero-order chi connectivity index (χ0) is 18.1. The van der Waals surface area contributed by atoms with Gasteiger partial charge < -0.3 is 10.3 Å². The third-order valence-corrected chi connectivity index (χ3v) is 4.96. The summed E-state index contributed by atoms with van der Waals surface area (Å²) < 4.78 is 0. The van der Waals surface area contributed by atoms with E-state index in [4.69, 9.17) is 11.6 Å². The molecule has 0 radical (unpaired) electrons. The van der Waals surface area contributed by atoms with Crippen molar-refractivity contribution in [3.63, 3.8) is 0 Å². The molecule has 0 amide bonds. The fourth-order valence-electron chi connectivity index (χ4n) is 3.06. The van der Waals surface area contributed by atoms with Crippen LogP contribution in [0.3, 0.4) is 0 Å². The predicted octanol–water partition coefficient (Wildman–Crippen LogP) is 3.18. The molecule has 1 saturated carbocycles. The van der Waals surface area contributed by atoms with Gasteiger partial charge in [0.1, 0.15) is 0 Å². The summed E-state index contributed by atoms with van der Waals surface area (Å²) in [5.74, 6) is 0.0502. The quantitative estimate of drug-likeness (QED) is 0.701. The lowest BCUT2D eigenvalue weighted by atomic mass is 9.97. The Labute approximate surface area is 155 Å². The summed E-state index contributed by atoms with van der Waals surface area (Å²) in [6.07, 6.45) is 3.73. The largest absolute Gasteiger partial charge is 0.313 e. The third kappa shape index (κ3) is 3.54. The molecular formula is C20H18ClN3O2. The summed E-state index contributed by atoms with van der Waals surface area (Å²) in [5, 5.41) is 4.26. The molecule has 3 aromatic rings. The van der Waals surface area contributed by atoms with Gasteiger partial charge in [0.25, 0.3) is 5.56 Å². The van der Waals surface area contributed by atoms with Crippen molar-refractivity contribution in [3.05, 3.63) is 75.3 Å². The molecule has 2 aromatic carbocycles. The zero-order valence-corrected chi connectivity index (χ0v) is 14.8. The predicted molar refractivity (Wildman–Crippen MR) is 101 cm³/mol. The van der Waals surface area contributed by atoms with Crippen molar-refractivity contribution in [1.82, 2.24) is 15.3 Å². The van der Waals surface area contributed by atoms with Gasteiger partial charge in [-0.1, -0.05) is 41.9 Å². The van der Waals surface area contributed by atoms with Crippen molar-refractivity contribution in [3.8, 4) is 0 Å². The molecular weight excluding hydrogens is 350 g/mol. The lowest BCUT2D eigenvalue weighted by molar-refractivity contribution is -0.120. The first-order chi connectivity index (χ1) is 12.6. The van der Waals surface area contributed by atoms with Gasteiger partial charge in [-0.2, -0.15) is 0 Å². The number of rotatable bonds is 6. The highest BCUT2D eigenvalue weighted by atomic mass is 35.5. The zero-order valence-electron chi connectivity index (χ0n) is 14.0. The SMILES string of the molecule is O=C(Cc1cc2nc[nH]c(=O)c2cc1Cl)C(NC1CC1)c1ccccc1. The Hall–Kier alpha value is -2.50. The van der Waals surface area contributed by atoms with E-state index >= 15 is 0 Å². The molecule has 0 saturated heterocycles. The minimum absolute atomic E-state index is 0.0502. The normalized spacial score (nSPS) is 15.1. The van der Waals surface area contributed by atoms with Crippen molar-refractivity contribution in [2.45, 2.75) is 31.3 Å². The molecule has 6 heteroatoms. The molecule has 0 aliphatic heterocycles. The maximum Gasteiger partial charge on any atom is 0.258 e. The van der Waals surface area contributed by atoms with Crippen molar-refractivity contribution in [2.24, 2.45) is 0 Å². The number of H-pyrrole nitrogens is 1. The van der Waals surface area contributed by atoms with Crippen LogP contribution in [0.2, 0.25) is 5.02 Å². The van der Waals surface area contributed by atoms with Crippen LogP contribution in [0.25, 0.3) is 10.9 Å². The van der Waals surface area contributed by atoms with E-state index in [2.05, 4.69) is 15.3 Å². The Balaban J connectivity index is 1.64. The van der Waals surface area contributed by atoms with Gasteiger partial charge in [-0.15, -0.1) is 0 Å². The summed E-state index contributed by atoms with van der Waals surface area (Å²) in [6.45, 7) is 0. The van der Waals surface area contributed by atoms with Crippen LogP contribution in [0.5, 0.6) is 0 Å². The van der Waals surface area contributed by atoms with Gasteiger partial charge in [-0.3, -0.25) is 9.59 Å². The van der Waals surface area contributed by atoms with Crippen LogP contribution in [-0.2, 0) is 11.2 Å². The Bertz CT molecular complexity index is 1010. The smallest absolute Gasteiger partial charge is 0.258 e. The molecule has 1 unspecified atom stereocenters. The number of Topliss-reactive ketones (excluding diaryl/α,β-unsaturated/α-hetero) is 1. The maximum atomic E-state index is 13.0. The molecule has 1 aliphatic carbocycles. The minimum Gasteiger partial charge on any atom is -0.313 e. The number of fused-ring (bicyclic) bond motifs is 1. The molecule has 1 fully saturated rings. The Morgan fingerprint density at radius 1 is 1.27 bits per heavy atom. The van der Waals surface area contributed by atoms with Crippen LogP contribution < -0.4 is 10.9 Å². The van der Waals surface area contributed by atoms with E-state index in [0.717, 1.165) is 18.4 Å². The molecule has 132 valence electrons. The number of aromatic amines is 1. The number of halogens is 1. The topological polar surface area (TPSA) is 74.8 Å². The lowest BCUT2D eigenvalue weighted by Crippen LogP contribution is -2.31. The number of hydrogen-bond acceptors (Lipinski definition) is 4. The number of carbonyl (C=O) groups excluding carboxylic acids is 1. The van der Waals surface area contributed by atoms with Crippen LogP contribution in [0.1, 0.15) is 30.0 Å². The second-order valence-corrected chi connectivity index (χ2v) is 7.03. The van der Waals surface area contributed by atoms with Gasteiger partial charge in [0.05, 0.1) is 23.3 Å². The first kappa shape index (κ1) is 16.9. The average molecular weight is 368 g/mol. The molecule has 1 heterocycles. The third-order valence-electron chi connectivity index (χ3n) is 4.61. The molecule has 5 nitrogen and oxygen atoms in total. The van der Waals surface area contributed by atoms with E-state index in [1.807, 2.05) is 30.3 Å². The van der Waals surface area contributed by atoms with Gasteiger partial charge in [0, 0.05) is 17.5 Å². The molecule has 0 bridgehead atoms. The van der Waals surface area contributed by atoms with Crippen molar-refractivity contribution in [1.29, 1.82) is 0 Å². The molecule has 1 atom stereocenters. The van der Waals surface area contributed by atoms with Crippen LogP contribution in [-0.4, -0.2) is 21.8 Å². The van der Waals surface area contributed by atoms with Crippen molar-refractivity contribution in [2.75, 3.05) is 0 Å². The maximum absolute atomic E-state index is 13.0. The summed E-state index contributed by atoms with van der Waals surface area (Å²) in [4.78, 5) is 31.6. The lowest BCUT2D eigenvalue weighted by Gasteiger charge is -2.18. The van der Waals surface area contributed by atoms with Gasteiger partial charge in [-0.05, 0) is 36.1 Å². The summed E-state index contributed by atoms with van der Waals surface area (Å²) in [5.41, 5.74) is 1.93. The van der Waals surface area contributed by atoms with Gasteiger partial charge in [0.2, 0.25) is 0 Å². The fourth-order valence-corrected chi connectivity index (χ4v) is 3.29. The number of ketones is 1. The molecule has 1 aromatic heterocycles. The van der Waals surface area contributed by atoms with E-state index in [0.29, 0.717) is 27.5 Å². The van der Waals surface area contributed by atoms with Gasteiger partial charge >= 0.3 is 0 Å². The second-order valence-electron chi connectivity index (χ2n) is 6.62. The number of nitrogens with zero attached hydrogens (tertiary/aromatic N) is 1. The second kappa shape index (κ2) is 7.02. The molecule has 4 rings (SSSR count). The van der Waals surface area contributed by atoms with E-state index < -0.39 is 0 Å². The highest BCUT2D eigenvalue weighted by Crippen LogP contribution is 2.27. The van der Waals surface area contributed by atoms with E-state index in [-0.39, 0.29) is 23.8 Å². The molecule has 1 aliphatic rings. The first-order valence-electron chi connectivity index (χ1n) is 8.61. The number of hydrogen-bond donors (Lipinski definition) is 2.